The molecular weight excluding hydrogens is 352 g/mol. The van der Waals surface area contributed by atoms with Gasteiger partial charge in [0.1, 0.15) is 10.0 Å². The molecule has 1 aliphatic rings. The van der Waals surface area contributed by atoms with Gasteiger partial charge in [0.25, 0.3) is 0 Å². The third-order valence-electron chi connectivity index (χ3n) is 3.99. The van der Waals surface area contributed by atoms with Gasteiger partial charge in [-0.3, -0.25) is 0 Å². The molecule has 2 heterocycles. The molecule has 4 nitrogen and oxygen atoms in total. The molecule has 6 heteroatoms. The van der Waals surface area contributed by atoms with E-state index in [0.717, 1.165) is 40.8 Å². The molecule has 1 aliphatic heterocycles. The number of nitrogens with one attached hydrogen (secondary N) is 1. The van der Waals surface area contributed by atoms with Crippen LogP contribution in [-0.2, 0) is 6.42 Å². The predicted octanol–water partition coefficient (Wildman–Crippen LogP) is 4.81. The van der Waals surface area contributed by atoms with Crippen LogP contribution in [0.25, 0.3) is 12.2 Å². The van der Waals surface area contributed by atoms with Crippen molar-refractivity contribution in [2.75, 3.05) is 37.6 Å². The maximum atomic E-state index is 5.84. The van der Waals surface area contributed by atoms with Crippen molar-refractivity contribution >= 4 is 40.3 Å². The Balaban J connectivity index is 1.73. The first kappa shape index (κ1) is 18.1. The van der Waals surface area contributed by atoms with Crippen molar-refractivity contribution in [3.05, 3.63) is 34.5 Å². The molecule has 0 aliphatic carbocycles. The van der Waals surface area contributed by atoms with Gasteiger partial charge in [-0.25, -0.2) is 4.98 Å². The second-order valence-corrected chi connectivity index (χ2v) is 7.81. The largest absolute Gasteiger partial charge is 0.493 e. The molecule has 0 saturated heterocycles. The molecule has 0 fully saturated rings. The number of anilines is 1. The van der Waals surface area contributed by atoms with E-state index in [1.54, 1.807) is 30.2 Å². The third kappa shape index (κ3) is 4.92. The van der Waals surface area contributed by atoms with Crippen LogP contribution in [0.1, 0.15) is 29.1 Å². The smallest absolute Gasteiger partial charge is 0.161 e. The molecule has 0 amide bonds. The molecule has 0 saturated carbocycles. The zero-order chi connectivity index (χ0) is 17.5. The summed E-state index contributed by atoms with van der Waals surface area (Å²) >= 11 is 3.50. The van der Waals surface area contributed by atoms with E-state index in [-0.39, 0.29) is 0 Å². The van der Waals surface area contributed by atoms with Gasteiger partial charge in [0, 0.05) is 12.3 Å². The molecule has 1 aromatic heterocycles. The van der Waals surface area contributed by atoms with Crippen LogP contribution in [0.5, 0.6) is 11.5 Å². The maximum absolute atomic E-state index is 5.84. The van der Waals surface area contributed by atoms with E-state index in [0.29, 0.717) is 6.61 Å². The minimum Gasteiger partial charge on any atom is -0.493 e. The summed E-state index contributed by atoms with van der Waals surface area (Å²) in [5.74, 6) is 2.51. The van der Waals surface area contributed by atoms with Crippen molar-refractivity contribution in [2.24, 2.45) is 0 Å². The first-order valence-electron chi connectivity index (χ1n) is 8.51. The fourth-order valence-corrected chi connectivity index (χ4v) is 3.87. The van der Waals surface area contributed by atoms with Gasteiger partial charge >= 0.3 is 0 Å². The first-order valence-corrected chi connectivity index (χ1v) is 10.7. The van der Waals surface area contributed by atoms with E-state index in [1.807, 2.05) is 18.2 Å². The fourth-order valence-electron chi connectivity index (χ4n) is 2.68. The topological polar surface area (TPSA) is 43.4 Å². The summed E-state index contributed by atoms with van der Waals surface area (Å²) in [4.78, 5) is 4.75. The minimum atomic E-state index is 0.676. The van der Waals surface area contributed by atoms with Crippen LogP contribution in [0.3, 0.4) is 0 Å². The number of fused-ring (bicyclic) bond motifs is 1. The summed E-state index contributed by atoms with van der Waals surface area (Å²) in [5.41, 5.74) is 2.29. The molecule has 0 radical (unpaired) electrons. The van der Waals surface area contributed by atoms with Gasteiger partial charge in [-0.1, -0.05) is 23.5 Å². The summed E-state index contributed by atoms with van der Waals surface area (Å²) in [7, 11) is 1.67. The standard InChI is InChI=1S/C19H24N2O2S2/c1-22-16-8-6-14(13-17(16)23-11-12-24-2)7-9-18-21-15-5-3-4-10-20-19(15)25-18/h6-9,13,20H,3-5,10-12H2,1-2H3. The van der Waals surface area contributed by atoms with Gasteiger partial charge in [-0.05, 0) is 49.3 Å². The second-order valence-electron chi connectivity index (χ2n) is 5.80. The third-order valence-corrected chi connectivity index (χ3v) is 5.59. The highest BCUT2D eigenvalue weighted by Crippen LogP contribution is 2.31. The average Bonchev–Trinajstić information content (AvgIpc) is 2.89. The van der Waals surface area contributed by atoms with Crippen LogP contribution < -0.4 is 14.8 Å². The quantitative estimate of drug-likeness (QED) is 0.702. The zero-order valence-corrected chi connectivity index (χ0v) is 16.3. The highest BCUT2D eigenvalue weighted by molar-refractivity contribution is 7.98. The normalized spacial score (nSPS) is 14.0. The fraction of sp³-hybridized carbons (Fsp3) is 0.421. The lowest BCUT2D eigenvalue weighted by atomic mass is 10.2. The number of nitrogens with zero attached hydrogens (tertiary/aromatic N) is 1. The summed E-state index contributed by atoms with van der Waals surface area (Å²) < 4.78 is 11.2. The van der Waals surface area contributed by atoms with E-state index in [2.05, 4.69) is 23.7 Å². The number of methoxy groups -OCH3 is 1. The monoisotopic (exact) mass is 376 g/mol. The highest BCUT2D eigenvalue weighted by Gasteiger charge is 2.12. The summed E-state index contributed by atoms with van der Waals surface area (Å²) in [6.45, 7) is 1.73. The van der Waals surface area contributed by atoms with E-state index >= 15 is 0 Å². The second kappa shape index (κ2) is 9.15. The maximum Gasteiger partial charge on any atom is 0.161 e. The number of aromatic nitrogens is 1. The predicted molar refractivity (Wildman–Crippen MR) is 109 cm³/mol. The number of hydrogen-bond donors (Lipinski definition) is 1. The summed E-state index contributed by atoms with van der Waals surface area (Å²) in [5, 5.41) is 5.75. The lowest BCUT2D eigenvalue weighted by molar-refractivity contribution is 0.313. The molecule has 0 atom stereocenters. The Hall–Kier alpha value is -1.66. The Labute approximate surface area is 157 Å². The molecule has 134 valence electrons. The van der Waals surface area contributed by atoms with Gasteiger partial charge in [-0.2, -0.15) is 11.8 Å². The minimum absolute atomic E-state index is 0.676. The lowest BCUT2D eigenvalue weighted by Gasteiger charge is -2.10. The number of ether oxygens (including phenoxy) is 2. The summed E-state index contributed by atoms with van der Waals surface area (Å²) in [6.07, 6.45) is 9.74. The zero-order valence-electron chi connectivity index (χ0n) is 14.7. The molecule has 0 bridgehead atoms. The Morgan fingerprint density at radius 2 is 2.20 bits per heavy atom. The lowest BCUT2D eigenvalue weighted by Crippen LogP contribution is -2.01. The SMILES string of the molecule is COc1ccc(C=Cc2nc3c(s2)NCCCC3)cc1OCCSC. The van der Waals surface area contributed by atoms with Crippen LogP contribution in [0.2, 0.25) is 0 Å². The molecule has 0 unspecified atom stereocenters. The Bertz CT molecular complexity index is 705. The van der Waals surface area contributed by atoms with Gasteiger partial charge in [0.05, 0.1) is 19.4 Å². The van der Waals surface area contributed by atoms with E-state index in [1.165, 1.54) is 23.5 Å². The number of rotatable bonds is 7. The van der Waals surface area contributed by atoms with Gasteiger partial charge in [0.2, 0.25) is 0 Å². The van der Waals surface area contributed by atoms with E-state index < -0.39 is 0 Å². The number of benzene rings is 1. The van der Waals surface area contributed by atoms with E-state index in [9.17, 15) is 0 Å². The van der Waals surface area contributed by atoms with Crippen molar-refractivity contribution in [1.29, 1.82) is 0 Å². The Morgan fingerprint density at radius 3 is 3.04 bits per heavy atom. The van der Waals surface area contributed by atoms with Gasteiger partial charge < -0.3 is 14.8 Å². The number of aryl methyl sites for hydroxylation is 1. The molecular formula is C19H24N2O2S2. The molecule has 2 aromatic rings. The van der Waals surface area contributed by atoms with Gasteiger partial charge in [-0.15, -0.1) is 0 Å². The van der Waals surface area contributed by atoms with Crippen molar-refractivity contribution in [1.82, 2.24) is 4.98 Å². The van der Waals surface area contributed by atoms with Crippen LogP contribution in [0, 0.1) is 0 Å². The van der Waals surface area contributed by atoms with Crippen LogP contribution >= 0.6 is 23.1 Å². The van der Waals surface area contributed by atoms with Crippen LogP contribution in [0.15, 0.2) is 18.2 Å². The number of hydrogen-bond acceptors (Lipinski definition) is 6. The summed E-state index contributed by atoms with van der Waals surface area (Å²) in [6, 6.07) is 6.01. The molecule has 25 heavy (non-hydrogen) atoms. The van der Waals surface area contributed by atoms with Crippen molar-refractivity contribution in [3.8, 4) is 11.5 Å². The highest BCUT2D eigenvalue weighted by atomic mass is 32.2. The molecule has 1 N–H and O–H groups in total. The molecule has 1 aromatic carbocycles. The average molecular weight is 377 g/mol. The molecule has 3 rings (SSSR count). The number of thioether (sulfide) groups is 1. The van der Waals surface area contributed by atoms with Gasteiger partial charge in [0.15, 0.2) is 11.5 Å². The van der Waals surface area contributed by atoms with Crippen molar-refractivity contribution < 1.29 is 9.47 Å². The first-order chi connectivity index (χ1) is 12.3. The van der Waals surface area contributed by atoms with E-state index in [4.69, 9.17) is 14.5 Å². The Morgan fingerprint density at radius 1 is 1.28 bits per heavy atom. The molecule has 0 spiro atoms. The van der Waals surface area contributed by atoms with Crippen LogP contribution in [0.4, 0.5) is 5.00 Å². The van der Waals surface area contributed by atoms with Crippen molar-refractivity contribution in [3.63, 3.8) is 0 Å². The Kier molecular flexibility index (Phi) is 6.64. The number of thiazole rings is 1. The van der Waals surface area contributed by atoms with Crippen LogP contribution in [-0.4, -0.2) is 37.3 Å². The van der Waals surface area contributed by atoms with Crippen molar-refractivity contribution in [2.45, 2.75) is 19.3 Å².